The summed E-state index contributed by atoms with van der Waals surface area (Å²) in [7, 11) is 0. The van der Waals surface area contributed by atoms with E-state index in [9.17, 15) is 0 Å². The number of anilines is 1. The van der Waals surface area contributed by atoms with E-state index in [-0.39, 0.29) is 0 Å². The first-order valence-corrected chi connectivity index (χ1v) is 7.66. The minimum Gasteiger partial charge on any atom is -0.356 e. The summed E-state index contributed by atoms with van der Waals surface area (Å²) in [6, 6.07) is 13.1. The molecular formula is C17H21N3. The number of aromatic nitrogens is 1. The SMILES string of the molecule is NC1CC[C@@H]2CN(c3ccc4ccccc4n3)C[C@@H]2C1. The van der Waals surface area contributed by atoms with E-state index in [0.29, 0.717) is 6.04 Å². The van der Waals surface area contributed by atoms with Crippen molar-refractivity contribution in [2.24, 2.45) is 17.6 Å². The Labute approximate surface area is 119 Å². The van der Waals surface area contributed by atoms with Crippen LogP contribution >= 0.6 is 0 Å². The van der Waals surface area contributed by atoms with Crippen molar-refractivity contribution >= 4 is 16.7 Å². The summed E-state index contributed by atoms with van der Waals surface area (Å²) in [6.07, 6.45) is 3.67. The highest BCUT2D eigenvalue weighted by Gasteiger charge is 2.37. The Hall–Kier alpha value is -1.61. The molecule has 2 N–H and O–H groups in total. The van der Waals surface area contributed by atoms with Crippen molar-refractivity contribution in [3.63, 3.8) is 0 Å². The van der Waals surface area contributed by atoms with Crippen molar-refractivity contribution in [2.75, 3.05) is 18.0 Å². The lowest BCUT2D eigenvalue weighted by Crippen LogP contribution is -2.32. The molecule has 3 heteroatoms. The third-order valence-corrected chi connectivity index (χ3v) is 5.00. The highest BCUT2D eigenvalue weighted by Crippen LogP contribution is 2.37. The standard InChI is InChI=1S/C17H21N3/c18-15-7-5-13-10-20(11-14(13)9-15)17-8-6-12-3-1-2-4-16(12)19-17/h1-4,6,8,13-15H,5,7,9-11,18H2/t13-,14+,15?/m1/s1. The van der Waals surface area contributed by atoms with Gasteiger partial charge in [0, 0.05) is 24.5 Å². The minimum atomic E-state index is 0.417. The van der Waals surface area contributed by atoms with E-state index in [2.05, 4.69) is 41.3 Å². The molecule has 20 heavy (non-hydrogen) atoms. The fourth-order valence-corrected chi connectivity index (χ4v) is 3.89. The molecule has 2 fully saturated rings. The highest BCUT2D eigenvalue weighted by molar-refractivity contribution is 5.80. The maximum Gasteiger partial charge on any atom is 0.129 e. The van der Waals surface area contributed by atoms with Crippen LogP contribution in [-0.4, -0.2) is 24.1 Å². The third-order valence-electron chi connectivity index (χ3n) is 5.00. The van der Waals surface area contributed by atoms with Crippen molar-refractivity contribution in [1.29, 1.82) is 0 Å². The second-order valence-electron chi connectivity index (χ2n) is 6.36. The predicted octanol–water partition coefficient (Wildman–Crippen LogP) is 2.80. The molecular weight excluding hydrogens is 246 g/mol. The van der Waals surface area contributed by atoms with Crippen molar-refractivity contribution < 1.29 is 0 Å². The van der Waals surface area contributed by atoms with Crippen LogP contribution in [0, 0.1) is 11.8 Å². The summed E-state index contributed by atoms with van der Waals surface area (Å²) < 4.78 is 0. The molecule has 1 unspecified atom stereocenters. The number of hydrogen-bond donors (Lipinski definition) is 1. The molecule has 104 valence electrons. The van der Waals surface area contributed by atoms with Gasteiger partial charge in [0.25, 0.3) is 0 Å². The van der Waals surface area contributed by atoms with E-state index in [1.54, 1.807) is 0 Å². The van der Waals surface area contributed by atoms with Crippen molar-refractivity contribution in [2.45, 2.75) is 25.3 Å². The fraction of sp³-hybridized carbons (Fsp3) is 0.471. The number of fused-ring (bicyclic) bond motifs is 2. The summed E-state index contributed by atoms with van der Waals surface area (Å²) in [4.78, 5) is 7.29. The van der Waals surface area contributed by atoms with Gasteiger partial charge in [-0.2, -0.15) is 0 Å². The van der Waals surface area contributed by atoms with Crippen LogP contribution in [0.5, 0.6) is 0 Å². The van der Waals surface area contributed by atoms with E-state index in [1.165, 1.54) is 24.6 Å². The molecule has 1 aliphatic heterocycles. The molecule has 3 atom stereocenters. The van der Waals surface area contributed by atoms with Gasteiger partial charge in [-0.25, -0.2) is 4.98 Å². The average molecular weight is 267 g/mol. The molecule has 2 heterocycles. The smallest absolute Gasteiger partial charge is 0.129 e. The number of benzene rings is 1. The van der Waals surface area contributed by atoms with Crippen LogP contribution in [0.1, 0.15) is 19.3 Å². The molecule has 2 aliphatic rings. The number of nitrogens with two attached hydrogens (primary N) is 1. The Kier molecular flexibility index (Phi) is 2.88. The Morgan fingerprint density at radius 1 is 1.00 bits per heavy atom. The predicted molar refractivity (Wildman–Crippen MR) is 82.8 cm³/mol. The van der Waals surface area contributed by atoms with E-state index < -0.39 is 0 Å². The van der Waals surface area contributed by atoms with Crippen molar-refractivity contribution in [3.05, 3.63) is 36.4 Å². The lowest BCUT2D eigenvalue weighted by Gasteiger charge is -2.27. The number of pyridine rings is 1. The van der Waals surface area contributed by atoms with Crippen LogP contribution in [0.25, 0.3) is 10.9 Å². The van der Waals surface area contributed by atoms with Crippen LogP contribution in [0.3, 0.4) is 0 Å². The average Bonchev–Trinajstić information content (AvgIpc) is 2.89. The Bertz CT molecular complexity index is 624. The Balaban J connectivity index is 1.60. The molecule has 1 saturated heterocycles. The molecule has 2 aromatic rings. The zero-order valence-corrected chi connectivity index (χ0v) is 11.7. The molecule has 0 bridgehead atoms. The van der Waals surface area contributed by atoms with Gasteiger partial charge < -0.3 is 10.6 Å². The maximum absolute atomic E-state index is 6.12. The van der Waals surface area contributed by atoms with Crippen molar-refractivity contribution in [1.82, 2.24) is 4.98 Å². The van der Waals surface area contributed by atoms with Crippen LogP contribution in [0.15, 0.2) is 36.4 Å². The van der Waals surface area contributed by atoms with Gasteiger partial charge in [0.1, 0.15) is 5.82 Å². The molecule has 3 nitrogen and oxygen atoms in total. The Morgan fingerprint density at radius 3 is 2.80 bits per heavy atom. The van der Waals surface area contributed by atoms with E-state index in [1.807, 2.05) is 0 Å². The topological polar surface area (TPSA) is 42.1 Å². The number of para-hydroxylation sites is 1. The first kappa shape index (κ1) is 12.2. The molecule has 0 radical (unpaired) electrons. The van der Waals surface area contributed by atoms with Crippen LogP contribution in [-0.2, 0) is 0 Å². The summed E-state index contributed by atoms with van der Waals surface area (Å²) >= 11 is 0. The maximum atomic E-state index is 6.12. The van der Waals surface area contributed by atoms with Crippen molar-refractivity contribution in [3.8, 4) is 0 Å². The second kappa shape index (κ2) is 4.74. The number of hydrogen-bond acceptors (Lipinski definition) is 3. The van der Waals surface area contributed by atoms with Gasteiger partial charge >= 0.3 is 0 Å². The fourth-order valence-electron chi connectivity index (χ4n) is 3.89. The lowest BCUT2D eigenvalue weighted by molar-refractivity contribution is 0.271. The van der Waals surface area contributed by atoms with Gasteiger partial charge in [-0.3, -0.25) is 0 Å². The quantitative estimate of drug-likeness (QED) is 0.864. The second-order valence-corrected chi connectivity index (χ2v) is 6.36. The molecule has 4 rings (SSSR count). The zero-order valence-electron chi connectivity index (χ0n) is 11.7. The van der Waals surface area contributed by atoms with E-state index in [4.69, 9.17) is 10.7 Å². The van der Waals surface area contributed by atoms with Gasteiger partial charge in [-0.1, -0.05) is 18.2 Å². The minimum absolute atomic E-state index is 0.417. The number of nitrogens with zero attached hydrogens (tertiary/aromatic N) is 2. The van der Waals surface area contributed by atoms with Gasteiger partial charge in [0.2, 0.25) is 0 Å². The molecule has 0 amide bonds. The number of rotatable bonds is 1. The lowest BCUT2D eigenvalue weighted by atomic mass is 9.79. The molecule has 1 aromatic carbocycles. The van der Waals surface area contributed by atoms with Gasteiger partial charge in [-0.05, 0) is 49.3 Å². The Morgan fingerprint density at radius 2 is 1.85 bits per heavy atom. The first-order chi connectivity index (χ1) is 9.79. The summed E-state index contributed by atoms with van der Waals surface area (Å²) in [5.74, 6) is 2.72. The summed E-state index contributed by atoms with van der Waals surface area (Å²) in [5, 5.41) is 1.22. The van der Waals surface area contributed by atoms with Gasteiger partial charge in [-0.15, -0.1) is 0 Å². The molecule has 1 saturated carbocycles. The van der Waals surface area contributed by atoms with E-state index in [0.717, 1.165) is 36.3 Å². The normalized spacial score (nSPS) is 29.6. The monoisotopic (exact) mass is 267 g/mol. The zero-order chi connectivity index (χ0) is 13.5. The van der Waals surface area contributed by atoms with Crippen LogP contribution in [0.4, 0.5) is 5.82 Å². The van der Waals surface area contributed by atoms with Crippen LogP contribution in [0.2, 0.25) is 0 Å². The summed E-state index contributed by atoms with van der Waals surface area (Å²) in [6.45, 7) is 2.28. The molecule has 0 spiro atoms. The first-order valence-electron chi connectivity index (χ1n) is 7.66. The van der Waals surface area contributed by atoms with E-state index >= 15 is 0 Å². The molecule has 1 aliphatic carbocycles. The van der Waals surface area contributed by atoms with Gasteiger partial charge in [0.15, 0.2) is 0 Å². The van der Waals surface area contributed by atoms with Crippen LogP contribution < -0.4 is 10.6 Å². The largest absolute Gasteiger partial charge is 0.356 e. The van der Waals surface area contributed by atoms with Gasteiger partial charge in [0.05, 0.1) is 5.52 Å². The summed E-state index contributed by atoms with van der Waals surface area (Å²) in [5.41, 5.74) is 7.21. The highest BCUT2D eigenvalue weighted by atomic mass is 15.2. The molecule has 1 aromatic heterocycles. The third kappa shape index (κ3) is 2.06.